The van der Waals surface area contributed by atoms with Crippen molar-refractivity contribution in [2.45, 2.75) is 19.4 Å². The zero-order chi connectivity index (χ0) is 18.7. The summed E-state index contributed by atoms with van der Waals surface area (Å²) in [6.45, 7) is 3.32. The normalized spacial score (nSPS) is 18.7. The number of amides is 2. The molecule has 1 saturated heterocycles. The summed E-state index contributed by atoms with van der Waals surface area (Å²) in [4.78, 5) is 29.1. The van der Waals surface area contributed by atoms with Gasteiger partial charge in [-0.05, 0) is 56.1 Å². The number of rotatable bonds is 4. The minimum atomic E-state index is -0.139. The molecule has 3 rings (SSSR count). The molecule has 0 spiro atoms. The fraction of sp³-hybridized carbons (Fsp3) is 0.333. The molecule has 0 aliphatic carbocycles. The minimum absolute atomic E-state index is 0. The van der Waals surface area contributed by atoms with Gasteiger partial charge in [-0.15, -0.1) is 12.4 Å². The molecule has 2 amide bonds. The van der Waals surface area contributed by atoms with Crippen molar-refractivity contribution >= 4 is 29.9 Å². The molecule has 0 radical (unpaired) electrons. The number of halogens is 1. The number of hydrogen-bond donors (Lipinski definition) is 1. The monoisotopic (exact) mass is 387 g/mol. The maximum absolute atomic E-state index is 12.9. The van der Waals surface area contributed by atoms with Gasteiger partial charge in [0.15, 0.2) is 0 Å². The summed E-state index contributed by atoms with van der Waals surface area (Å²) >= 11 is 0. The summed E-state index contributed by atoms with van der Waals surface area (Å²) in [6.07, 6.45) is 0.928. The highest BCUT2D eigenvalue weighted by Crippen LogP contribution is 2.24. The highest BCUT2D eigenvalue weighted by Gasteiger charge is 2.32. The average molecular weight is 388 g/mol. The van der Waals surface area contributed by atoms with Crippen LogP contribution in [0.5, 0.6) is 0 Å². The Labute approximate surface area is 166 Å². The van der Waals surface area contributed by atoms with E-state index in [1.165, 1.54) is 0 Å². The van der Waals surface area contributed by atoms with Gasteiger partial charge < -0.3 is 15.5 Å². The average Bonchev–Trinajstić information content (AvgIpc) is 3.07. The van der Waals surface area contributed by atoms with Crippen molar-refractivity contribution in [1.82, 2.24) is 4.90 Å². The Morgan fingerprint density at radius 1 is 1.11 bits per heavy atom. The van der Waals surface area contributed by atoms with Crippen LogP contribution in [-0.2, 0) is 0 Å². The van der Waals surface area contributed by atoms with Crippen molar-refractivity contribution in [2.24, 2.45) is 11.7 Å². The van der Waals surface area contributed by atoms with Gasteiger partial charge in [-0.25, -0.2) is 0 Å². The molecule has 0 bridgehead atoms. The third-order valence-electron chi connectivity index (χ3n) is 5.06. The second-order valence-corrected chi connectivity index (χ2v) is 6.92. The molecule has 0 saturated carbocycles. The van der Waals surface area contributed by atoms with Crippen LogP contribution in [0.2, 0.25) is 0 Å². The molecular weight excluding hydrogens is 362 g/mol. The van der Waals surface area contributed by atoms with Crippen molar-refractivity contribution in [2.75, 3.05) is 25.0 Å². The van der Waals surface area contributed by atoms with E-state index in [1.54, 1.807) is 36.2 Å². The lowest BCUT2D eigenvalue weighted by Gasteiger charge is -2.22. The molecule has 2 unspecified atom stereocenters. The van der Waals surface area contributed by atoms with E-state index in [9.17, 15) is 9.59 Å². The fourth-order valence-electron chi connectivity index (χ4n) is 3.51. The number of para-hydroxylation sites is 1. The number of nitrogens with zero attached hydrogens (tertiary/aromatic N) is 2. The Morgan fingerprint density at radius 2 is 1.78 bits per heavy atom. The van der Waals surface area contributed by atoms with Crippen molar-refractivity contribution in [1.29, 1.82) is 0 Å². The second kappa shape index (κ2) is 9.02. The highest BCUT2D eigenvalue weighted by molar-refractivity contribution is 6.07. The lowest BCUT2D eigenvalue weighted by Crippen LogP contribution is -2.34. The molecular formula is C21H26ClN3O2. The molecule has 2 atom stereocenters. The van der Waals surface area contributed by atoms with Crippen molar-refractivity contribution in [3.05, 3.63) is 65.7 Å². The van der Waals surface area contributed by atoms with Gasteiger partial charge in [0, 0.05) is 36.4 Å². The highest BCUT2D eigenvalue weighted by atomic mass is 35.5. The predicted molar refractivity (Wildman–Crippen MR) is 111 cm³/mol. The molecule has 2 N–H and O–H groups in total. The molecule has 1 aliphatic rings. The van der Waals surface area contributed by atoms with E-state index in [0.717, 1.165) is 12.1 Å². The number of hydrogen-bond acceptors (Lipinski definition) is 3. The summed E-state index contributed by atoms with van der Waals surface area (Å²) in [5.74, 6) is 0.175. The molecule has 0 aromatic heterocycles. The quantitative estimate of drug-likeness (QED) is 0.876. The smallest absolute Gasteiger partial charge is 0.258 e. The van der Waals surface area contributed by atoms with Crippen LogP contribution in [-0.4, -0.2) is 42.9 Å². The largest absolute Gasteiger partial charge is 0.336 e. The van der Waals surface area contributed by atoms with Crippen LogP contribution in [0.15, 0.2) is 54.6 Å². The first-order chi connectivity index (χ1) is 12.5. The van der Waals surface area contributed by atoms with Crippen LogP contribution in [0.1, 0.15) is 34.1 Å². The van der Waals surface area contributed by atoms with E-state index in [4.69, 9.17) is 5.73 Å². The lowest BCUT2D eigenvalue weighted by molar-refractivity contribution is 0.0743. The van der Waals surface area contributed by atoms with E-state index in [0.29, 0.717) is 30.1 Å². The van der Waals surface area contributed by atoms with Crippen LogP contribution in [0.25, 0.3) is 0 Å². The second-order valence-electron chi connectivity index (χ2n) is 6.92. The summed E-state index contributed by atoms with van der Waals surface area (Å²) in [5.41, 5.74) is 7.62. The summed E-state index contributed by atoms with van der Waals surface area (Å²) in [6, 6.07) is 16.6. The van der Waals surface area contributed by atoms with Gasteiger partial charge in [0.2, 0.25) is 0 Å². The van der Waals surface area contributed by atoms with Gasteiger partial charge in [-0.3, -0.25) is 9.59 Å². The molecule has 5 nitrogen and oxygen atoms in total. The third-order valence-corrected chi connectivity index (χ3v) is 5.06. The maximum Gasteiger partial charge on any atom is 0.258 e. The Hall–Kier alpha value is -2.37. The van der Waals surface area contributed by atoms with Crippen molar-refractivity contribution in [3.63, 3.8) is 0 Å². The van der Waals surface area contributed by atoms with E-state index in [2.05, 4.69) is 0 Å². The summed E-state index contributed by atoms with van der Waals surface area (Å²) in [5, 5.41) is 0. The van der Waals surface area contributed by atoms with Gasteiger partial charge in [0.1, 0.15) is 0 Å². The molecule has 1 heterocycles. The maximum atomic E-state index is 12.9. The van der Waals surface area contributed by atoms with Crippen LogP contribution in [0, 0.1) is 5.92 Å². The first-order valence-electron chi connectivity index (χ1n) is 8.95. The number of carbonyl (C=O) groups is 2. The van der Waals surface area contributed by atoms with E-state index in [1.807, 2.05) is 42.2 Å². The zero-order valence-electron chi connectivity index (χ0n) is 15.7. The van der Waals surface area contributed by atoms with Gasteiger partial charge in [0.05, 0.1) is 0 Å². The lowest BCUT2D eigenvalue weighted by atomic mass is 10.1. The Morgan fingerprint density at radius 3 is 2.41 bits per heavy atom. The number of anilines is 1. The standard InChI is InChI=1S/C21H25N3O2.ClH/c1-15-11-16(13-22)14-24(15)21(26)18-8-6-7-17(12-18)20(25)23(2)19-9-4-3-5-10-19;/h3-10,12,15-16H,11,13-14,22H2,1-2H3;1H. The van der Waals surface area contributed by atoms with E-state index < -0.39 is 0 Å². The van der Waals surface area contributed by atoms with E-state index >= 15 is 0 Å². The van der Waals surface area contributed by atoms with E-state index in [-0.39, 0.29) is 30.3 Å². The minimum Gasteiger partial charge on any atom is -0.336 e. The van der Waals surface area contributed by atoms with Crippen LogP contribution in [0.3, 0.4) is 0 Å². The number of nitrogens with two attached hydrogens (primary N) is 1. The van der Waals surface area contributed by atoms with Crippen LogP contribution >= 0.6 is 12.4 Å². The van der Waals surface area contributed by atoms with Crippen LogP contribution in [0.4, 0.5) is 5.69 Å². The zero-order valence-corrected chi connectivity index (χ0v) is 16.5. The SMILES string of the molecule is CC1CC(CN)CN1C(=O)c1cccc(C(=O)N(C)c2ccccc2)c1.Cl. The Bertz CT molecular complexity index is 797. The third kappa shape index (κ3) is 4.49. The van der Waals surface area contributed by atoms with Gasteiger partial charge in [-0.2, -0.15) is 0 Å². The van der Waals surface area contributed by atoms with Crippen molar-refractivity contribution < 1.29 is 9.59 Å². The van der Waals surface area contributed by atoms with Gasteiger partial charge in [-0.1, -0.05) is 24.3 Å². The molecule has 1 fully saturated rings. The fourth-order valence-corrected chi connectivity index (χ4v) is 3.51. The predicted octanol–water partition coefficient (Wildman–Crippen LogP) is 3.19. The Kier molecular flexibility index (Phi) is 6.99. The summed E-state index contributed by atoms with van der Waals surface area (Å²) in [7, 11) is 1.74. The molecule has 1 aliphatic heterocycles. The van der Waals surface area contributed by atoms with Crippen molar-refractivity contribution in [3.8, 4) is 0 Å². The Balaban J connectivity index is 0.00000261. The molecule has 2 aromatic carbocycles. The molecule has 2 aromatic rings. The topological polar surface area (TPSA) is 66.6 Å². The molecule has 6 heteroatoms. The first-order valence-corrected chi connectivity index (χ1v) is 8.95. The molecule has 144 valence electrons. The number of benzene rings is 2. The van der Waals surface area contributed by atoms with Crippen LogP contribution < -0.4 is 10.6 Å². The summed E-state index contributed by atoms with van der Waals surface area (Å²) < 4.78 is 0. The molecule has 27 heavy (non-hydrogen) atoms. The number of carbonyl (C=O) groups excluding carboxylic acids is 2. The van der Waals surface area contributed by atoms with Gasteiger partial charge >= 0.3 is 0 Å². The number of likely N-dealkylation sites (tertiary alicyclic amines) is 1. The first kappa shape index (κ1) is 20.9. The van der Waals surface area contributed by atoms with Gasteiger partial charge in [0.25, 0.3) is 11.8 Å².